The second-order valence-corrected chi connectivity index (χ2v) is 5.55. The first-order chi connectivity index (χ1) is 7.75. The maximum Gasteiger partial charge on any atom is 0.220 e. The van der Waals surface area contributed by atoms with E-state index in [2.05, 4.69) is 17.6 Å². The van der Waals surface area contributed by atoms with Crippen LogP contribution in [0.2, 0.25) is 0 Å². The molecule has 1 heterocycles. The Morgan fingerprint density at radius 1 is 1.31 bits per heavy atom. The van der Waals surface area contributed by atoms with Crippen molar-refractivity contribution in [3.05, 3.63) is 0 Å². The molecular formula is C13H24N2O. The van der Waals surface area contributed by atoms with Gasteiger partial charge in [0, 0.05) is 13.0 Å². The maximum absolute atomic E-state index is 11.7. The summed E-state index contributed by atoms with van der Waals surface area (Å²) >= 11 is 0. The Bertz CT molecular complexity index is 238. The molecule has 1 amide bonds. The van der Waals surface area contributed by atoms with Gasteiger partial charge in [-0.25, -0.2) is 0 Å². The quantitative estimate of drug-likeness (QED) is 0.760. The smallest absolute Gasteiger partial charge is 0.220 e. The van der Waals surface area contributed by atoms with Crippen LogP contribution in [0.25, 0.3) is 0 Å². The first-order valence-corrected chi connectivity index (χ1v) is 6.73. The fourth-order valence-electron chi connectivity index (χ4n) is 2.77. The molecule has 0 radical (unpaired) electrons. The van der Waals surface area contributed by atoms with Crippen LogP contribution in [0.5, 0.6) is 0 Å². The molecule has 3 heteroatoms. The summed E-state index contributed by atoms with van der Waals surface area (Å²) in [6.45, 7) is 5.27. The molecule has 1 saturated heterocycles. The summed E-state index contributed by atoms with van der Waals surface area (Å²) in [5, 5.41) is 6.31. The van der Waals surface area contributed by atoms with Crippen LogP contribution in [0.1, 0.15) is 39.0 Å². The van der Waals surface area contributed by atoms with Gasteiger partial charge in [0.1, 0.15) is 0 Å². The van der Waals surface area contributed by atoms with Crippen LogP contribution in [0, 0.1) is 17.8 Å². The highest BCUT2D eigenvalue weighted by atomic mass is 16.1. The molecule has 0 aromatic rings. The summed E-state index contributed by atoms with van der Waals surface area (Å²) in [5.41, 5.74) is 0. The van der Waals surface area contributed by atoms with Crippen LogP contribution >= 0.6 is 0 Å². The number of carbonyl (C=O) groups is 1. The van der Waals surface area contributed by atoms with E-state index in [9.17, 15) is 4.79 Å². The van der Waals surface area contributed by atoms with E-state index < -0.39 is 0 Å². The van der Waals surface area contributed by atoms with Crippen molar-refractivity contribution in [2.24, 2.45) is 17.8 Å². The average molecular weight is 224 g/mol. The van der Waals surface area contributed by atoms with Gasteiger partial charge in [-0.2, -0.15) is 0 Å². The minimum atomic E-state index is 0.254. The summed E-state index contributed by atoms with van der Waals surface area (Å²) in [5.74, 6) is 2.35. The third kappa shape index (κ3) is 3.21. The first kappa shape index (κ1) is 11.9. The number of hydrogen-bond donors (Lipinski definition) is 2. The Balaban J connectivity index is 1.63. The van der Waals surface area contributed by atoms with E-state index >= 15 is 0 Å². The number of amides is 1. The largest absolute Gasteiger partial charge is 0.356 e. The maximum atomic E-state index is 11.7. The Morgan fingerprint density at radius 3 is 2.69 bits per heavy atom. The summed E-state index contributed by atoms with van der Waals surface area (Å²) in [6.07, 6.45) is 6.07. The molecule has 2 rings (SSSR count). The number of rotatable bonds is 4. The van der Waals surface area contributed by atoms with Gasteiger partial charge in [-0.3, -0.25) is 4.79 Å². The number of hydrogen-bond acceptors (Lipinski definition) is 2. The van der Waals surface area contributed by atoms with Crippen molar-refractivity contribution in [2.75, 3.05) is 19.6 Å². The molecule has 3 nitrogen and oxygen atoms in total. The Hall–Kier alpha value is -0.570. The van der Waals surface area contributed by atoms with Gasteiger partial charge in [-0.15, -0.1) is 0 Å². The van der Waals surface area contributed by atoms with Crippen molar-refractivity contribution in [1.82, 2.24) is 10.6 Å². The molecule has 1 saturated carbocycles. The molecule has 92 valence electrons. The van der Waals surface area contributed by atoms with Gasteiger partial charge < -0.3 is 10.6 Å². The van der Waals surface area contributed by atoms with Crippen LogP contribution in [0.3, 0.4) is 0 Å². The molecule has 0 aromatic heterocycles. The molecule has 2 N–H and O–H groups in total. The molecule has 0 bridgehead atoms. The van der Waals surface area contributed by atoms with Gasteiger partial charge in [-0.1, -0.05) is 26.2 Å². The summed E-state index contributed by atoms with van der Waals surface area (Å²) in [7, 11) is 0. The normalized spacial score (nSPS) is 30.8. The van der Waals surface area contributed by atoms with Gasteiger partial charge in [-0.05, 0) is 37.3 Å². The van der Waals surface area contributed by atoms with E-state index in [1.807, 2.05) is 0 Å². The summed E-state index contributed by atoms with van der Waals surface area (Å²) in [4.78, 5) is 11.7. The molecular weight excluding hydrogens is 200 g/mol. The number of nitrogens with one attached hydrogen (secondary N) is 2. The van der Waals surface area contributed by atoms with Crippen LogP contribution in [-0.4, -0.2) is 25.5 Å². The van der Waals surface area contributed by atoms with Gasteiger partial charge in [0.15, 0.2) is 0 Å². The van der Waals surface area contributed by atoms with Crippen molar-refractivity contribution in [1.29, 1.82) is 0 Å². The van der Waals surface area contributed by atoms with Crippen molar-refractivity contribution in [3.8, 4) is 0 Å². The fraction of sp³-hybridized carbons (Fsp3) is 0.923. The zero-order valence-electron chi connectivity index (χ0n) is 10.3. The molecule has 1 aliphatic carbocycles. The minimum Gasteiger partial charge on any atom is -0.356 e. The van der Waals surface area contributed by atoms with Gasteiger partial charge in [0.25, 0.3) is 0 Å². The van der Waals surface area contributed by atoms with Gasteiger partial charge >= 0.3 is 0 Å². The van der Waals surface area contributed by atoms with E-state index in [0.717, 1.165) is 31.5 Å². The predicted molar refractivity (Wildman–Crippen MR) is 65.1 cm³/mol. The Morgan fingerprint density at radius 2 is 2.06 bits per heavy atom. The van der Waals surface area contributed by atoms with Crippen LogP contribution in [0.15, 0.2) is 0 Å². The second kappa shape index (κ2) is 5.67. The first-order valence-electron chi connectivity index (χ1n) is 6.73. The molecule has 0 spiro atoms. The highest BCUT2D eigenvalue weighted by molar-refractivity contribution is 5.76. The molecule has 0 aromatic carbocycles. The Kier molecular flexibility index (Phi) is 4.22. The third-order valence-electron chi connectivity index (χ3n) is 4.19. The lowest BCUT2D eigenvalue weighted by Gasteiger charge is -2.30. The molecule has 2 aliphatic rings. The van der Waals surface area contributed by atoms with E-state index in [0.29, 0.717) is 12.3 Å². The third-order valence-corrected chi connectivity index (χ3v) is 4.19. The monoisotopic (exact) mass is 224 g/mol. The highest BCUT2D eigenvalue weighted by Crippen LogP contribution is 2.28. The lowest BCUT2D eigenvalue weighted by Crippen LogP contribution is -2.45. The van der Waals surface area contributed by atoms with Gasteiger partial charge in [0.05, 0.1) is 0 Å². The van der Waals surface area contributed by atoms with Crippen molar-refractivity contribution >= 4 is 5.91 Å². The topological polar surface area (TPSA) is 41.1 Å². The summed E-state index contributed by atoms with van der Waals surface area (Å²) in [6, 6.07) is 0. The summed E-state index contributed by atoms with van der Waals surface area (Å²) < 4.78 is 0. The van der Waals surface area contributed by atoms with Crippen molar-refractivity contribution in [3.63, 3.8) is 0 Å². The second-order valence-electron chi connectivity index (χ2n) is 5.55. The zero-order valence-corrected chi connectivity index (χ0v) is 10.3. The van der Waals surface area contributed by atoms with Crippen LogP contribution < -0.4 is 10.6 Å². The molecule has 16 heavy (non-hydrogen) atoms. The zero-order chi connectivity index (χ0) is 11.4. The lowest BCUT2D eigenvalue weighted by molar-refractivity contribution is -0.122. The van der Waals surface area contributed by atoms with E-state index in [1.165, 1.54) is 25.7 Å². The predicted octanol–water partition coefficient (Wildman–Crippen LogP) is 1.54. The molecule has 2 fully saturated rings. The lowest BCUT2D eigenvalue weighted by atomic mass is 9.80. The van der Waals surface area contributed by atoms with Crippen LogP contribution in [0.4, 0.5) is 0 Å². The van der Waals surface area contributed by atoms with E-state index in [-0.39, 0.29) is 5.91 Å². The molecule has 2 atom stereocenters. The van der Waals surface area contributed by atoms with Gasteiger partial charge in [0.2, 0.25) is 5.91 Å². The minimum absolute atomic E-state index is 0.254. The average Bonchev–Trinajstić information content (AvgIpc) is 2.22. The van der Waals surface area contributed by atoms with Crippen molar-refractivity contribution in [2.45, 2.75) is 39.0 Å². The van der Waals surface area contributed by atoms with E-state index in [1.54, 1.807) is 0 Å². The highest BCUT2D eigenvalue weighted by Gasteiger charge is 2.23. The van der Waals surface area contributed by atoms with Crippen LogP contribution in [-0.2, 0) is 4.79 Å². The fourth-order valence-corrected chi connectivity index (χ4v) is 2.77. The number of carbonyl (C=O) groups excluding carboxylic acids is 1. The van der Waals surface area contributed by atoms with Crippen molar-refractivity contribution < 1.29 is 4.79 Å². The molecule has 2 unspecified atom stereocenters. The SMILES string of the molecule is CC1CCCCC1CNC(=O)CC1CNC1. The standard InChI is InChI=1S/C13H24N2O/c1-10-4-2-3-5-12(10)9-15-13(16)6-11-7-14-8-11/h10-12,14H,2-9H2,1H3,(H,15,16). The van der Waals surface area contributed by atoms with E-state index in [4.69, 9.17) is 0 Å². The molecule has 1 aliphatic heterocycles. The Labute approximate surface area is 98.4 Å².